The highest BCUT2D eigenvalue weighted by molar-refractivity contribution is 9.10. The molecule has 0 saturated heterocycles. The smallest absolute Gasteiger partial charge is 0.221 e. The van der Waals surface area contributed by atoms with Gasteiger partial charge in [-0.1, -0.05) is 28.1 Å². The van der Waals surface area contributed by atoms with Crippen molar-refractivity contribution in [2.75, 3.05) is 7.05 Å². The van der Waals surface area contributed by atoms with Crippen LogP contribution in [0, 0.1) is 0 Å². The van der Waals surface area contributed by atoms with Crippen molar-refractivity contribution in [1.29, 1.82) is 0 Å². The molecule has 0 heterocycles. The minimum absolute atomic E-state index is 0.0413. The summed E-state index contributed by atoms with van der Waals surface area (Å²) < 4.78 is 1.01. The number of carbonyl (C=O) groups excluding carboxylic acids is 1. The number of carbonyl (C=O) groups is 1. The van der Waals surface area contributed by atoms with Gasteiger partial charge in [-0.3, -0.25) is 4.79 Å². The van der Waals surface area contributed by atoms with Gasteiger partial charge in [-0.25, -0.2) is 0 Å². The Morgan fingerprint density at radius 3 is 2.57 bits per heavy atom. The Morgan fingerprint density at radius 2 is 2.07 bits per heavy atom. The minimum atomic E-state index is -0.233. The molecule has 4 heteroatoms. The fourth-order valence-electron chi connectivity index (χ4n) is 1.13. The van der Waals surface area contributed by atoms with E-state index in [1.807, 2.05) is 24.3 Å². The molecule has 76 valence electrons. The lowest BCUT2D eigenvalue weighted by molar-refractivity contribution is -0.120. The van der Waals surface area contributed by atoms with E-state index >= 15 is 0 Å². The molecule has 0 aliphatic rings. The van der Waals surface area contributed by atoms with Gasteiger partial charge in [0.1, 0.15) is 0 Å². The molecule has 0 unspecified atom stereocenters. The Morgan fingerprint density at radius 1 is 1.50 bits per heavy atom. The first-order chi connectivity index (χ1) is 6.63. The lowest BCUT2D eigenvalue weighted by atomic mass is 10.0. The van der Waals surface area contributed by atoms with Crippen LogP contribution in [0.2, 0.25) is 0 Å². The predicted molar refractivity (Wildman–Crippen MR) is 59.8 cm³/mol. The molecular weight excluding hydrogens is 244 g/mol. The Hall–Kier alpha value is -0.870. The first-order valence-electron chi connectivity index (χ1n) is 4.35. The summed E-state index contributed by atoms with van der Waals surface area (Å²) in [6, 6.07) is 7.43. The van der Waals surface area contributed by atoms with E-state index in [2.05, 4.69) is 21.2 Å². The number of hydrogen-bond donors (Lipinski definition) is 2. The molecule has 1 atom stereocenters. The fourth-order valence-corrected chi connectivity index (χ4v) is 1.39. The highest BCUT2D eigenvalue weighted by Gasteiger charge is 2.09. The van der Waals surface area contributed by atoms with Crippen LogP contribution < -0.4 is 11.1 Å². The standard InChI is InChI=1S/C10H13BrN2O/c1-13-10(14)6-9(12)7-2-4-8(11)5-3-7/h2-5,9H,6,12H2,1H3,(H,13,14)/t9-/m0/s1. The second kappa shape index (κ2) is 5.12. The van der Waals surface area contributed by atoms with Gasteiger partial charge < -0.3 is 11.1 Å². The zero-order valence-electron chi connectivity index (χ0n) is 7.96. The van der Waals surface area contributed by atoms with Crippen LogP contribution >= 0.6 is 15.9 Å². The summed E-state index contributed by atoms with van der Waals surface area (Å²) in [5.41, 5.74) is 6.81. The van der Waals surface area contributed by atoms with E-state index in [1.54, 1.807) is 7.05 Å². The summed E-state index contributed by atoms with van der Waals surface area (Å²) in [4.78, 5) is 11.1. The number of hydrogen-bond acceptors (Lipinski definition) is 2. The van der Waals surface area contributed by atoms with Crippen molar-refractivity contribution in [2.45, 2.75) is 12.5 Å². The van der Waals surface area contributed by atoms with E-state index in [1.165, 1.54) is 0 Å². The van der Waals surface area contributed by atoms with Crippen LogP contribution in [0.1, 0.15) is 18.0 Å². The van der Waals surface area contributed by atoms with Gasteiger partial charge in [0, 0.05) is 24.0 Å². The molecule has 0 saturated carbocycles. The highest BCUT2D eigenvalue weighted by Crippen LogP contribution is 2.17. The molecule has 1 aromatic rings. The van der Waals surface area contributed by atoms with Gasteiger partial charge in [0.15, 0.2) is 0 Å². The lowest BCUT2D eigenvalue weighted by Gasteiger charge is -2.10. The number of halogens is 1. The van der Waals surface area contributed by atoms with Crippen molar-refractivity contribution in [2.24, 2.45) is 5.73 Å². The largest absolute Gasteiger partial charge is 0.359 e. The highest BCUT2D eigenvalue weighted by atomic mass is 79.9. The second-order valence-electron chi connectivity index (χ2n) is 3.04. The SMILES string of the molecule is CNC(=O)C[C@H](N)c1ccc(Br)cc1. The van der Waals surface area contributed by atoms with Crippen LogP contribution in [-0.4, -0.2) is 13.0 Å². The van der Waals surface area contributed by atoms with Gasteiger partial charge in [0.2, 0.25) is 5.91 Å². The molecule has 14 heavy (non-hydrogen) atoms. The summed E-state index contributed by atoms with van der Waals surface area (Å²) >= 11 is 3.34. The summed E-state index contributed by atoms with van der Waals surface area (Å²) in [6.07, 6.45) is 0.318. The molecule has 0 aliphatic heterocycles. The van der Waals surface area contributed by atoms with E-state index in [9.17, 15) is 4.79 Å². The van der Waals surface area contributed by atoms with E-state index in [0.29, 0.717) is 6.42 Å². The normalized spacial score (nSPS) is 12.2. The maximum Gasteiger partial charge on any atom is 0.221 e. The zero-order chi connectivity index (χ0) is 10.6. The number of benzene rings is 1. The van der Waals surface area contributed by atoms with Crippen LogP contribution in [0.4, 0.5) is 0 Å². The number of nitrogens with one attached hydrogen (secondary N) is 1. The van der Waals surface area contributed by atoms with Crippen LogP contribution in [0.3, 0.4) is 0 Å². The first kappa shape index (κ1) is 11.2. The quantitative estimate of drug-likeness (QED) is 0.863. The summed E-state index contributed by atoms with van der Waals surface area (Å²) in [6.45, 7) is 0. The van der Waals surface area contributed by atoms with Crippen molar-refractivity contribution in [1.82, 2.24) is 5.32 Å². The summed E-state index contributed by atoms with van der Waals surface area (Å²) in [5.74, 6) is -0.0413. The first-order valence-corrected chi connectivity index (χ1v) is 5.14. The molecular formula is C10H13BrN2O. The molecule has 0 radical (unpaired) electrons. The number of nitrogens with two attached hydrogens (primary N) is 1. The zero-order valence-corrected chi connectivity index (χ0v) is 9.54. The molecule has 0 aromatic heterocycles. The predicted octanol–water partition coefficient (Wildman–Crippen LogP) is 1.59. The van der Waals surface area contributed by atoms with Crippen molar-refractivity contribution >= 4 is 21.8 Å². The van der Waals surface area contributed by atoms with Crippen LogP contribution in [-0.2, 0) is 4.79 Å². The van der Waals surface area contributed by atoms with Gasteiger partial charge in [-0.05, 0) is 17.7 Å². The average Bonchev–Trinajstić information content (AvgIpc) is 2.18. The fraction of sp³-hybridized carbons (Fsp3) is 0.300. The molecule has 1 aromatic carbocycles. The molecule has 0 aliphatic carbocycles. The second-order valence-corrected chi connectivity index (χ2v) is 3.95. The van der Waals surface area contributed by atoms with Gasteiger partial charge in [0.05, 0.1) is 0 Å². The Bertz CT molecular complexity index is 310. The van der Waals surface area contributed by atoms with E-state index in [-0.39, 0.29) is 11.9 Å². The van der Waals surface area contributed by atoms with Crippen LogP contribution in [0.5, 0.6) is 0 Å². The minimum Gasteiger partial charge on any atom is -0.359 e. The Balaban J connectivity index is 2.65. The van der Waals surface area contributed by atoms with E-state index in [0.717, 1.165) is 10.0 Å². The third-order valence-electron chi connectivity index (χ3n) is 1.98. The summed E-state index contributed by atoms with van der Waals surface area (Å²) in [5, 5.41) is 2.55. The third kappa shape index (κ3) is 3.12. The van der Waals surface area contributed by atoms with E-state index in [4.69, 9.17) is 5.73 Å². The van der Waals surface area contributed by atoms with Crippen molar-refractivity contribution in [3.8, 4) is 0 Å². The third-order valence-corrected chi connectivity index (χ3v) is 2.51. The van der Waals surface area contributed by atoms with Crippen molar-refractivity contribution in [3.05, 3.63) is 34.3 Å². The molecule has 1 amide bonds. The topological polar surface area (TPSA) is 55.1 Å². The van der Waals surface area contributed by atoms with Crippen molar-refractivity contribution < 1.29 is 4.79 Å². The monoisotopic (exact) mass is 256 g/mol. The molecule has 0 fully saturated rings. The van der Waals surface area contributed by atoms with Gasteiger partial charge >= 0.3 is 0 Å². The molecule has 0 spiro atoms. The lowest BCUT2D eigenvalue weighted by Crippen LogP contribution is -2.24. The van der Waals surface area contributed by atoms with Gasteiger partial charge in [-0.2, -0.15) is 0 Å². The van der Waals surface area contributed by atoms with Gasteiger partial charge in [0.25, 0.3) is 0 Å². The Labute approximate surface area is 91.8 Å². The maximum atomic E-state index is 11.1. The van der Waals surface area contributed by atoms with Crippen LogP contribution in [0.15, 0.2) is 28.7 Å². The maximum absolute atomic E-state index is 11.1. The number of amides is 1. The van der Waals surface area contributed by atoms with Crippen molar-refractivity contribution in [3.63, 3.8) is 0 Å². The molecule has 0 bridgehead atoms. The Kier molecular flexibility index (Phi) is 4.10. The van der Waals surface area contributed by atoms with Gasteiger partial charge in [-0.15, -0.1) is 0 Å². The summed E-state index contributed by atoms with van der Waals surface area (Å²) in [7, 11) is 1.61. The van der Waals surface area contributed by atoms with Crippen LogP contribution in [0.25, 0.3) is 0 Å². The molecule has 3 nitrogen and oxygen atoms in total. The number of rotatable bonds is 3. The molecule has 1 rings (SSSR count). The average molecular weight is 257 g/mol. The van der Waals surface area contributed by atoms with E-state index < -0.39 is 0 Å². The molecule has 3 N–H and O–H groups in total.